The van der Waals surface area contributed by atoms with Crippen LogP contribution in [0.3, 0.4) is 0 Å². The third-order valence-corrected chi connectivity index (χ3v) is 3.82. The number of likely N-dealkylation sites (tertiary alicyclic amines) is 1. The van der Waals surface area contributed by atoms with E-state index in [9.17, 15) is 0 Å². The molecule has 1 aromatic carbocycles. The van der Waals surface area contributed by atoms with Gasteiger partial charge in [0, 0.05) is 18.6 Å². The minimum atomic E-state index is 0.455. The molecule has 3 atom stereocenters. The van der Waals surface area contributed by atoms with Crippen molar-refractivity contribution in [2.45, 2.75) is 31.5 Å². The first-order valence-electron chi connectivity index (χ1n) is 5.90. The molecule has 1 aliphatic carbocycles. The van der Waals surface area contributed by atoms with Gasteiger partial charge in [0.25, 0.3) is 0 Å². The van der Waals surface area contributed by atoms with Crippen LogP contribution in [0.4, 0.5) is 0 Å². The molecule has 80 valence electrons. The average Bonchev–Trinajstić information content (AvgIpc) is 2.93. The SMILES string of the molecule is NC1C2CCCN(Cc3ccccc3)C12. The van der Waals surface area contributed by atoms with Gasteiger partial charge in [0.15, 0.2) is 0 Å². The van der Waals surface area contributed by atoms with Crippen LogP contribution in [0.5, 0.6) is 0 Å². The first-order chi connectivity index (χ1) is 7.36. The zero-order valence-electron chi connectivity index (χ0n) is 8.97. The molecular weight excluding hydrogens is 184 g/mol. The van der Waals surface area contributed by atoms with Crippen molar-refractivity contribution >= 4 is 0 Å². The molecule has 1 aromatic rings. The Hall–Kier alpha value is -0.860. The van der Waals surface area contributed by atoms with Crippen LogP contribution in [0.25, 0.3) is 0 Å². The highest BCUT2D eigenvalue weighted by Gasteiger charge is 2.52. The van der Waals surface area contributed by atoms with Crippen LogP contribution in [0.1, 0.15) is 18.4 Å². The highest BCUT2D eigenvalue weighted by Crippen LogP contribution is 2.42. The summed E-state index contributed by atoms with van der Waals surface area (Å²) in [7, 11) is 0. The molecule has 3 rings (SSSR count). The molecule has 2 fully saturated rings. The normalized spacial score (nSPS) is 34.9. The van der Waals surface area contributed by atoms with Gasteiger partial charge in [-0.2, -0.15) is 0 Å². The Bertz CT molecular complexity index is 336. The van der Waals surface area contributed by atoms with E-state index in [4.69, 9.17) is 5.73 Å². The summed E-state index contributed by atoms with van der Waals surface area (Å²) in [6.45, 7) is 2.31. The Morgan fingerprint density at radius 1 is 1.27 bits per heavy atom. The van der Waals surface area contributed by atoms with E-state index in [1.165, 1.54) is 24.9 Å². The Morgan fingerprint density at radius 3 is 2.87 bits per heavy atom. The lowest BCUT2D eigenvalue weighted by molar-refractivity contribution is 0.206. The summed E-state index contributed by atoms with van der Waals surface area (Å²) in [5.74, 6) is 0.794. The van der Waals surface area contributed by atoms with E-state index in [1.54, 1.807) is 0 Å². The third-order valence-electron chi connectivity index (χ3n) is 3.82. The van der Waals surface area contributed by atoms with Crippen molar-refractivity contribution in [3.8, 4) is 0 Å². The zero-order valence-corrected chi connectivity index (χ0v) is 8.97. The topological polar surface area (TPSA) is 29.3 Å². The first-order valence-corrected chi connectivity index (χ1v) is 5.90. The standard InChI is InChI=1S/C13H18N2/c14-12-11-7-4-8-15(13(11)12)9-10-5-2-1-3-6-10/h1-3,5-6,11-13H,4,7-9,14H2. The van der Waals surface area contributed by atoms with Gasteiger partial charge in [-0.3, -0.25) is 4.90 Å². The molecule has 0 bridgehead atoms. The summed E-state index contributed by atoms with van der Waals surface area (Å²) in [5.41, 5.74) is 7.49. The maximum atomic E-state index is 6.07. The Labute approximate surface area is 91.1 Å². The molecule has 0 spiro atoms. The fraction of sp³-hybridized carbons (Fsp3) is 0.538. The largest absolute Gasteiger partial charge is 0.326 e. The van der Waals surface area contributed by atoms with Crippen LogP contribution in [0, 0.1) is 5.92 Å². The van der Waals surface area contributed by atoms with Crippen LogP contribution < -0.4 is 5.73 Å². The van der Waals surface area contributed by atoms with Gasteiger partial charge < -0.3 is 5.73 Å². The van der Waals surface area contributed by atoms with Crippen LogP contribution in [-0.2, 0) is 6.54 Å². The number of hydrogen-bond acceptors (Lipinski definition) is 2. The summed E-state index contributed by atoms with van der Waals surface area (Å²) in [5, 5.41) is 0. The van der Waals surface area contributed by atoms with Crippen molar-refractivity contribution < 1.29 is 0 Å². The van der Waals surface area contributed by atoms with E-state index in [1.807, 2.05) is 0 Å². The predicted octanol–water partition coefficient (Wildman–Crippen LogP) is 1.61. The molecule has 1 heterocycles. The van der Waals surface area contributed by atoms with E-state index < -0.39 is 0 Å². The van der Waals surface area contributed by atoms with Gasteiger partial charge in [0.1, 0.15) is 0 Å². The first kappa shape index (κ1) is 9.37. The van der Waals surface area contributed by atoms with Crippen LogP contribution in [0.15, 0.2) is 30.3 Å². The number of nitrogens with two attached hydrogens (primary N) is 1. The minimum Gasteiger partial charge on any atom is -0.326 e. The lowest BCUT2D eigenvalue weighted by Gasteiger charge is -2.26. The Morgan fingerprint density at radius 2 is 2.07 bits per heavy atom. The second kappa shape index (κ2) is 3.62. The number of nitrogens with zero attached hydrogens (tertiary/aromatic N) is 1. The van der Waals surface area contributed by atoms with Gasteiger partial charge in [-0.15, -0.1) is 0 Å². The van der Waals surface area contributed by atoms with Gasteiger partial charge in [-0.25, -0.2) is 0 Å². The monoisotopic (exact) mass is 202 g/mol. The van der Waals surface area contributed by atoms with E-state index in [2.05, 4.69) is 35.2 Å². The highest BCUT2D eigenvalue weighted by molar-refractivity contribution is 5.17. The van der Waals surface area contributed by atoms with Crippen molar-refractivity contribution in [3.05, 3.63) is 35.9 Å². The number of piperidine rings is 1. The minimum absolute atomic E-state index is 0.455. The van der Waals surface area contributed by atoms with Crippen LogP contribution in [-0.4, -0.2) is 23.5 Å². The van der Waals surface area contributed by atoms with Crippen molar-refractivity contribution in [1.29, 1.82) is 0 Å². The smallest absolute Gasteiger partial charge is 0.0297 e. The molecule has 0 radical (unpaired) electrons. The quantitative estimate of drug-likeness (QED) is 0.789. The van der Waals surface area contributed by atoms with Gasteiger partial charge >= 0.3 is 0 Å². The molecule has 1 aliphatic heterocycles. The molecule has 1 saturated heterocycles. The molecule has 15 heavy (non-hydrogen) atoms. The lowest BCUT2D eigenvalue weighted by atomic mass is 10.1. The van der Waals surface area contributed by atoms with E-state index >= 15 is 0 Å². The van der Waals surface area contributed by atoms with Crippen molar-refractivity contribution in [1.82, 2.24) is 4.90 Å². The van der Waals surface area contributed by atoms with Gasteiger partial charge in [0.2, 0.25) is 0 Å². The molecule has 2 heteroatoms. The highest BCUT2D eigenvalue weighted by atomic mass is 15.2. The molecule has 3 unspecified atom stereocenters. The van der Waals surface area contributed by atoms with E-state index in [0.717, 1.165) is 12.5 Å². The molecule has 0 amide bonds. The van der Waals surface area contributed by atoms with Crippen molar-refractivity contribution in [3.63, 3.8) is 0 Å². The summed E-state index contributed by atoms with van der Waals surface area (Å²) < 4.78 is 0. The summed E-state index contributed by atoms with van der Waals surface area (Å²) in [4.78, 5) is 2.56. The number of benzene rings is 1. The molecular formula is C13H18N2. The fourth-order valence-electron chi connectivity index (χ4n) is 2.94. The lowest BCUT2D eigenvalue weighted by Crippen LogP contribution is -2.32. The Kier molecular flexibility index (Phi) is 2.26. The maximum absolute atomic E-state index is 6.07. The average molecular weight is 202 g/mol. The second-order valence-electron chi connectivity index (χ2n) is 4.83. The second-order valence-corrected chi connectivity index (χ2v) is 4.83. The summed E-state index contributed by atoms with van der Waals surface area (Å²) in [6, 6.07) is 11.9. The van der Waals surface area contributed by atoms with Crippen molar-refractivity contribution in [2.24, 2.45) is 11.7 Å². The number of hydrogen-bond donors (Lipinski definition) is 1. The maximum Gasteiger partial charge on any atom is 0.0297 e. The van der Waals surface area contributed by atoms with Gasteiger partial charge in [-0.05, 0) is 30.9 Å². The van der Waals surface area contributed by atoms with Crippen LogP contribution >= 0.6 is 0 Å². The van der Waals surface area contributed by atoms with Crippen LogP contribution in [0.2, 0.25) is 0 Å². The van der Waals surface area contributed by atoms with Crippen molar-refractivity contribution in [2.75, 3.05) is 6.54 Å². The number of fused-ring (bicyclic) bond motifs is 1. The van der Waals surface area contributed by atoms with Gasteiger partial charge in [0.05, 0.1) is 0 Å². The summed E-state index contributed by atoms with van der Waals surface area (Å²) in [6.07, 6.45) is 2.67. The zero-order chi connectivity index (χ0) is 10.3. The molecule has 0 aromatic heterocycles. The number of rotatable bonds is 2. The molecule has 2 nitrogen and oxygen atoms in total. The molecule has 2 N–H and O–H groups in total. The molecule has 2 aliphatic rings. The summed E-state index contributed by atoms with van der Waals surface area (Å²) >= 11 is 0. The third kappa shape index (κ3) is 1.68. The van der Waals surface area contributed by atoms with E-state index in [0.29, 0.717) is 12.1 Å². The predicted molar refractivity (Wildman–Crippen MR) is 61.3 cm³/mol. The fourth-order valence-corrected chi connectivity index (χ4v) is 2.94. The molecule has 1 saturated carbocycles. The van der Waals surface area contributed by atoms with Gasteiger partial charge in [-0.1, -0.05) is 30.3 Å². The Balaban J connectivity index is 1.68. The van der Waals surface area contributed by atoms with E-state index in [-0.39, 0.29) is 0 Å².